The normalized spacial score (nSPS) is 17.0. The SMILES string of the molecule is Cc1cc(C)cc(C(=O)OC(C)(C)C2CC[NH2+]CC2)c1. The molecule has 110 valence electrons. The molecule has 0 atom stereocenters. The average molecular weight is 276 g/mol. The number of carbonyl (C=O) groups excluding carboxylic acids is 1. The van der Waals surface area contributed by atoms with Crippen molar-refractivity contribution in [1.82, 2.24) is 0 Å². The number of hydrogen-bond acceptors (Lipinski definition) is 2. The van der Waals surface area contributed by atoms with Gasteiger partial charge >= 0.3 is 5.97 Å². The Balaban J connectivity index is 2.09. The van der Waals surface area contributed by atoms with E-state index in [1.54, 1.807) is 0 Å². The van der Waals surface area contributed by atoms with Crippen molar-refractivity contribution in [2.24, 2.45) is 5.92 Å². The fourth-order valence-electron chi connectivity index (χ4n) is 3.10. The lowest BCUT2D eigenvalue weighted by molar-refractivity contribution is -0.665. The van der Waals surface area contributed by atoms with Crippen LogP contribution in [-0.4, -0.2) is 24.7 Å². The maximum Gasteiger partial charge on any atom is 0.338 e. The molecule has 1 saturated heterocycles. The Labute approximate surface area is 121 Å². The highest BCUT2D eigenvalue weighted by molar-refractivity contribution is 5.90. The molecule has 0 radical (unpaired) electrons. The van der Waals surface area contributed by atoms with Crippen LogP contribution in [0.1, 0.15) is 48.2 Å². The maximum absolute atomic E-state index is 12.4. The Kier molecular flexibility index (Phi) is 4.48. The number of rotatable bonds is 3. The molecule has 20 heavy (non-hydrogen) atoms. The summed E-state index contributed by atoms with van der Waals surface area (Å²) in [6.45, 7) is 10.4. The smallest absolute Gasteiger partial charge is 0.338 e. The minimum absolute atomic E-state index is 0.198. The molecule has 3 heteroatoms. The molecule has 1 aromatic rings. The molecule has 1 fully saturated rings. The van der Waals surface area contributed by atoms with E-state index in [1.807, 2.05) is 39.8 Å². The lowest BCUT2D eigenvalue weighted by atomic mass is 9.83. The van der Waals surface area contributed by atoms with Crippen molar-refractivity contribution in [3.05, 3.63) is 34.9 Å². The van der Waals surface area contributed by atoms with Gasteiger partial charge in [-0.05, 0) is 39.8 Å². The number of piperidine rings is 1. The van der Waals surface area contributed by atoms with E-state index >= 15 is 0 Å². The molecule has 0 spiro atoms. The van der Waals surface area contributed by atoms with Crippen LogP contribution in [0.5, 0.6) is 0 Å². The van der Waals surface area contributed by atoms with Gasteiger partial charge in [0.2, 0.25) is 0 Å². The molecule has 0 aliphatic carbocycles. The molecule has 2 rings (SSSR count). The minimum Gasteiger partial charge on any atom is -0.456 e. The summed E-state index contributed by atoms with van der Waals surface area (Å²) in [5, 5.41) is 2.33. The second-order valence-electron chi connectivity index (χ2n) is 6.51. The summed E-state index contributed by atoms with van der Waals surface area (Å²) in [5.74, 6) is 0.263. The Hall–Kier alpha value is -1.35. The number of quaternary nitrogens is 1. The van der Waals surface area contributed by atoms with Crippen LogP contribution in [0.15, 0.2) is 18.2 Å². The fourth-order valence-corrected chi connectivity index (χ4v) is 3.10. The lowest BCUT2D eigenvalue weighted by Crippen LogP contribution is -2.86. The molecule has 0 amide bonds. The summed E-state index contributed by atoms with van der Waals surface area (Å²) in [7, 11) is 0. The van der Waals surface area contributed by atoms with Crippen molar-refractivity contribution >= 4 is 5.97 Å². The van der Waals surface area contributed by atoms with E-state index in [1.165, 1.54) is 0 Å². The standard InChI is InChI=1S/C17H25NO2/c1-12-9-13(2)11-14(10-12)16(19)20-17(3,4)15-5-7-18-8-6-15/h9-11,15,18H,5-8H2,1-4H3/p+1. The van der Waals surface area contributed by atoms with Crippen molar-refractivity contribution in [2.45, 2.75) is 46.1 Å². The van der Waals surface area contributed by atoms with Crippen LogP contribution in [0.25, 0.3) is 0 Å². The number of esters is 1. The monoisotopic (exact) mass is 276 g/mol. The second-order valence-corrected chi connectivity index (χ2v) is 6.51. The van der Waals surface area contributed by atoms with Gasteiger partial charge < -0.3 is 10.1 Å². The fraction of sp³-hybridized carbons (Fsp3) is 0.588. The first-order valence-corrected chi connectivity index (χ1v) is 7.52. The van der Waals surface area contributed by atoms with E-state index in [-0.39, 0.29) is 11.6 Å². The molecule has 2 N–H and O–H groups in total. The number of hydrogen-bond donors (Lipinski definition) is 1. The van der Waals surface area contributed by atoms with Gasteiger partial charge in [-0.3, -0.25) is 0 Å². The summed E-state index contributed by atoms with van der Waals surface area (Å²) in [6, 6.07) is 5.87. The highest BCUT2D eigenvalue weighted by Crippen LogP contribution is 2.29. The zero-order valence-corrected chi connectivity index (χ0v) is 13.0. The van der Waals surface area contributed by atoms with Crippen molar-refractivity contribution in [2.75, 3.05) is 13.1 Å². The van der Waals surface area contributed by atoms with E-state index in [4.69, 9.17) is 4.74 Å². The van der Waals surface area contributed by atoms with Gasteiger partial charge in [0.1, 0.15) is 5.60 Å². The molecule has 3 nitrogen and oxygen atoms in total. The largest absolute Gasteiger partial charge is 0.456 e. The molecule has 0 unspecified atom stereocenters. The van der Waals surface area contributed by atoms with Gasteiger partial charge in [-0.25, -0.2) is 4.79 Å². The molecule has 1 aromatic carbocycles. The van der Waals surface area contributed by atoms with Crippen molar-refractivity contribution in [3.63, 3.8) is 0 Å². The molecule has 1 aliphatic heterocycles. The number of aryl methyl sites for hydroxylation is 2. The second kappa shape index (κ2) is 5.96. The van der Waals surface area contributed by atoms with Crippen LogP contribution in [0.3, 0.4) is 0 Å². The van der Waals surface area contributed by atoms with Crippen molar-refractivity contribution in [1.29, 1.82) is 0 Å². The third kappa shape index (κ3) is 3.60. The van der Waals surface area contributed by atoms with E-state index in [9.17, 15) is 4.79 Å². The summed E-state index contributed by atoms with van der Waals surface area (Å²) >= 11 is 0. The van der Waals surface area contributed by atoms with Crippen LogP contribution < -0.4 is 5.32 Å². The zero-order valence-electron chi connectivity index (χ0n) is 13.0. The topological polar surface area (TPSA) is 42.9 Å². The van der Waals surface area contributed by atoms with Gasteiger partial charge in [0.25, 0.3) is 0 Å². The van der Waals surface area contributed by atoms with E-state index in [0.29, 0.717) is 11.5 Å². The maximum atomic E-state index is 12.4. The number of ether oxygens (including phenoxy) is 1. The molecule has 1 heterocycles. The highest BCUT2D eigenvalue weighted by Gasteiger charge is 2.35. The Morgan fingerprint density at radius 2 is 1.70 bits per heavy atom. The van der Waals surface area contributed by atoms with Crippen LogP contribution in [0.2, 0.25) is 0 Å². The number of carbonyl (C=O) groups is 1. The van der Waals surface area contributed by atoms with Crippen LogP contribution in [-0.2, 0) is 4.74 Å². The minimum atomic E-state index is -0.386. The third-order valence-electron chi connectivity index (χ3n) is 4.23. The molecule has 0 bridgehead atoms. The van der Waals surface area contributed by atoms with Gasteiger partial charge in [-0.15, -0.1) is 0 Å². The first kappa shape index (κ1) is 15.0. The summed E-state index contributed by atoms with van der Waals surface area (Å²) < 4.78 is 5.82. The number of nitrogens with two attached hydrogens (primary N) is 1. The molecular weight excluding hydrogens is 250 g/mol. The molecule has 0 saturated carbocycles. The van der Waals surface area contributed by atoms with Gasteiger partial charge in [0.05, 0.1) is 18.7 Å². The quantitative estimate of drug-likeness (QED) is 0.860. The summed E-state index contributed by atoms with van der Waals surface area (Å²) in [5.41, 5.74) is 2.48. The Morgan fingerprint density at radius 1 is 1.15 bits per heavy atom. The predicted octanol–water partition coefficient (Wildman–Crippen LogP) is 2.21. The number of benzene rings is 1. The first-order valence-electron chi connectivity index (χ1n) is 7.52. The van der Waals surface area contributed by atoms with Crippen molar-refractivity contribution < 1.29 is 14.8 Å². The molecule has 1 aliphatic rings. The average Bonchev–Trinajstić information content (AvgIpc) is 2.38. The molecule has 0 aromatic heterocycles. The van der Waals surface area contributed by atoms with Gasteiger partial charge in [0.15, 0.2) is 0 Å². The van der Waals surface area contributed by atoms with Gasteiger partial charge in [-0.1, -0.05) is 17.2 Å². The highest BCUT2D eigenvalue weighted by atomic mass is 16.6. The third-order valence-corrected chi connectivity index (χ3v) is 4.23. The summed E-state index contributed by atoms with van der Waals surface area (Å²) in [6.07, 6.45) is 2.24. The van der Waals surface area contributed by atoms with Gasteiger partial charge in [0, 0.05) is 18.8 Å². The molecular formula is C17H26NO2+. The summed E-state index contributed by atoms with van der Waals surface area (Å²) in [4.78, 5) is 12.4. The van der Waals surface area contributed by atoms with Crippen LogP contribution in [0.4, 0.5) is 0 Å². The van der Waals surface area contributed by atoms with E-state index < -0.39 is 0 Å². The van der Waals surface area contributed by atoms with E-state index in [2.05, 4.69) is 11.4 Å². The van der Waals surface area contributed by atoms with Crippen molar-refractivity contribution in [3.8, 4) is 0 Å². The first-order chi connectivity index (χ1) is 9.38. The Morgan fingerprint density at radius 3 is 2.25 bits per heavy atom. The lowest BCUT2D eigenvalue weighted by Gasteiger charge is -2.35. The van der Waals surface area contributed by atoms with Crippen LogP contribution in [0, 0.1) is 19.8 Å². The Bertz CT molecular complexity index is 468. The predicted molar refractivity (Wildman–Crippen MR) is 79.8 cm³/mol. The van der Waals surface area contributed by atoms with Crippen LogP contribution >= 0.6 is 0 Å². The zero-order chi connectivity index (χ0) is 14.8. The van der Waals surface area contributed by atoms with Gasteiger partial charge in [-0.2, -0.15) is 0 Å². The van der Waals surface area contributed by atoms with E-state index in [0.717, 1.165) is 37.1 Å².